The Morgan fingerprint density at radius 3 is 2.52 bits per heavy atom. The molecule has 3 fully saturated rings. The van der Waals surface area contributed by atoms with Gasteiger partial charge < -0.3 is 9.84 Å². The molecule has 0 saturated heterocycles. The van der Waals surface area contributed by atoms with Crippen molar-refractivity contribution < 1.29 is 29.0 Å². The predicted molar refractivity (Wildman–Crippen MR) is 113 cm³/mol. The molecule has 0 heterocycles. The summed E-state index contributed by atoms with van der Waals surface area (Å²) < 4.78 is 5.75. The minimum atomic E-state index is -1.21. The van der Waals surface area contributed by atoms with Crippen molar-refractivity contribution in [2.75, 3.05) is 0 Å². The van der Waals surface area contributed by atoms with Gasteiger partial charge in [0.15, 0.2) is 5.78 Å². The van der Waals surface area contributed by atoms with Crippen LogP contribution in [0.3, 0.4) is 0 Å². The Hall–Kier alpha value is -2.24. The van der Waals surface area contributed by atoms with Gasteiger partial charge in [-0.1, -0.05) is 13.8 Å². The van der Waals surface area contributed by atoms with Gasteiger partial charge in [0, 0.05) is 24.5 Å². The van der Waals surface area contributed by atoms with Crippen LogP contribution in [0.1, 0.15) is 65.7 Å². The molecule has 0 aromatic carbocycles. The van der Waals surface area contributed by atoms with Crippen molar-refractivity contribution in [1.29, 1.82) is 0 Å². The molecule has 3 saturated carbocycles. The zero-order chi connectivity index (χ0) is 22.6. The SMILES string of the molecule is CC(=O)[C@H]1CC[C@H]2[C@@H]3C[C@@H](OC(=O)/C=C/C(=O)O)C4=CC(=O)CC[C@]4(C)[C@H]3CC[C@]12C. The summed E-state index contributed by atoms with van der Waals surface area (Å²) >= 11 is 0. The molecule has 1 N–H and O–H groups in total. The summed E-state index contributed by atoms with van der Waals surface area (Å²) in [4.78, 5) is 47.7. The average Bonchev–Trinajstić information content (AvgIpc) is 3.05. The molecule has 0 aliphatic heterocycles. The zero-order valence-electron chi connectivity index (χ0n) is 18.6. The first-order valence-corrected chi connectivity index (χ1v) is 11.4. The second kappa shape index (κ2) is 7.72. The maximum atomic E-state index is 12.4. The number of Topliss-reactive ketones (excluding diaryl/α,β-unsaturated/α-hetero) is 1. The van der Waals surface area contributed by atoms with E-state index in [1.165, 1.54) is 0 Å². The quantitative estimate of drug-likeness (QED) is 0.539. The van der Waals surface area contributed by atoms with Crippen molar-refractivity contribution >= 4 is 23.5 Å². The summed E-state index contributed by atoms with van der Waals surface area (Å²) in [6, 6.07) is 0. The van der Waals surface area contributed by atoms with Crippen LogP contribution in [0.4, 0.5) is 0 Å². The predicted octanol–water partition coefficient (Wildman–Crippen LogP) is 3.89. The summed E-state index contributed by atoms with van der Waals surface area (Å²) in [6.07, 6.45) is 8.71. The average molecular weight is 429 g/mol. The second-order valence-electron chi connectivity index (χ2n) is 10.5. The highest BCUT2D eigenvalue weighted by molar-refractivity contribution is 5.93. The largest absolute Gasteiger partial charge is 0.478 e. The van der Waals surface area contributed by atoms with Crippen LogP contribution in [0.5, 0.6) is 0 Å². The summed E-state index contributed by atoms with van der Waals surface area (Å²) in [5.41, 5.74) is 0.660. The number of hydrogen-bond donors (Lipinski definition) is 1. The lowest BCUT2D eigenvalue weighted by Crippen LogP contribution is -2.54. The maximum Gasteiger partial charge on any atom is 0.331 e. The van der Waals surface area contributed by atoms with E-state index in [4.69, 9.17) is 9.84 Å². The third-order valence-corrected chi connectivity index (χ3v) is 9.07. The Balaban J connectivity index is 1.68. The summed E-state index contributed by atoms with van der Waals surface area (Å²) in [5.74, 6) is -0.356. The highest BCUT2D eigenvalue weighted by Gasteiger charge is 2.61. The molecular formula is C25H32O6. The van der Waals surface area contributed by atoms with Crippen LogP contribution >= 0.6 is 0 Å². The molecule has 31 heavy (non-hydrogen) atoms. The highest BCUT2D eigenvalue weighted by atomic mass is 16.5. The minimum Gasteiger partial charge on any atom is -0.478 e. The third kappa shape index (κ3) is 3.58. The van der Waals surface area contributed by atoms with E-state index in [0.29, 0.717) is 30.6 Å². The van der Waals surface area contributed by atoms with Gasteiger partial charge >= 0.3 is 11.9 Å². The molecule has 4 aliphatic rings. The van der Waals surface area contributed by atoms with Gasteiger partial charge in [-0.25, -0.2) is 9.59 Å². The molecule has 4 rings (SSSR count). The van der Waals surface area contributed by atoms with Gasteiger partial charge in [-0.2, -0.15) is 0 Å². The Labute approximate surface area is 183 Å². The lowest BCUT2D eigenvalue weighted by molar-refractivity contribution is -0.150. The number of esters is 1. The number of aliphatic carboxylic acids is 1. The van der Waals surface area contributed by atoms with Crippen LogP contribution in [0.2, 0.25) is 0 Å². The number of carboxylic acid groups (broad SMARTS) is 1. The summed E-state index contributed by atoms with van der Waals surface area (Å²) in [5, 5.41) is 8.81. The molecule has 168 valence electrons. The number of carboxylic acids is 1. The topological polar surface area (TPSA) is 97.7 Å². The molecule has 0 radical (unpaired) electrons. The van der Waals surface area contributed by atoms with E-state index in [1.54, 1.807) is 13.0 Å². The van der Waals surface area contributed by atoms with Crippen molar-refractivity contribution in [2.45, 2.75) is 71.8 Å². The first-order valence-electron chi connectivity index (χ1n) is 11.4. The smallest absolute Gasteiger partial charge is 0.331 e. The van der Waals surface area contributed by atoms with E-state index in [-0.39, 0.29) is 28.3 Å². The Bertz CT molecular complexity index is 884. The zero-order valence-corrected chi connectivity index (χ0v) is 18.6. The Kier molecular flexibility index (Phi) is 5.47. The number of carbonyl (C=O) groups is 4. The summed E-state index contributed by atoms with van der Waals surface area (Å²) in [6.45, 7) is 6.18. The maximum absolute atomic E-state index is 12.4. The van der Waals surface area contributed by atoms with E-state index in [0.717, 1.165) is 49.8 Å². The molecule has 6 nitrogen and oxygen atoms in total. The fourth-order valence-corrected chi connectivity index (χ4v) is 7.68. The van der Waals surface area contributed by atoms with Crippen LogP contribution in [-0.4, -0.2) is 34.7 Å². The number of ether oxygens (including phenoxy) is 1. The molecule has 0 spiro atoms. The number of ketones is 2. The molecular weight excluding hydrogens is 396 g/mol. The lowest BCUT2D eigenvalue weighted by Gasteiger charge is -2.59. The molecule has 0 unspecified atom stereocenters. The fraction of sp³-hybridized carbons (Fsp3) is 0.680. The third-order valence-electron chi connectivity index (χ3n) is 9.07. The molecule has 0 aromatic heterocycles. The second-order valence-corrected chi connectivity index (χ2v) is 10.5. The summed E-state index contributed by atoms with van der Waals surface area (Å²) in [7, 11) is 0. The molecule has 4 aliphatic carbocycles. The number of fused-ring (bicyclic) bond motifs is 5. The van der Waals surface area contributed by atoms with Crippen molar-refractivity contribution in [3.05, 3.63) is 23.8 Å². The van der Waals surface area contributed by atoms with Crippen molar-refractivity contribution in [3.63, 3.8) is 0 Å². The van der Waals surface area contributed by atoms with Crippen molar-refractivity contribution in [1.82, 2.24) is 0 Å². The van der Waals surface area contributed by atoms with E-state index in [2.05, 4.69) is 13.8 Å². The van der Waals surface area contributed by atoms with Crippen LogP contribution in [0.25, 0.3) is 0 Å². The first kappa shape index (κ1) is 22.0. The van der Waals surface area contributed by atoms with Gasteiger partial charge in [0.05, 0.1) is 0 Å². The monoisotopic (exact) mass is 428 g/mol. The standard InChI is InChI=1S/C25H32O6/c1-14(26)17-4-5-18-16-13-21(31-23(30)7-6-22(28)29)20-12-15(27)8-10-25(20,3)19(16)9-11-24(17,18)2/h6-7,12,16-19,21H,4-5,8-11,13H2,1-3H3,(H,28,29)/b7-6+/t16-,17+,18-,19-,21+,24+,25+/m0/s1. The molecule has 0 aromatic rings. The first-order chi connectivity index (χ1) is 14.6. The Morgan fingerprint density at radius 2 is 1.84 bits per heavy atom. The normalized spacial score (nSPS) is 41.7. The Morgan fingerprint density at radius 1 is 1.10 bits per heavy atom. The fourth-order valence-electron chi connectivity index (χ4n) is 7.68. The lowest BCUT2D eigenvalue weighted by atomic mass is 9.46. The molecule has 0 amide bonds. The van der Waals surface area contributed by atoms with Gasteiger partial charge in [-0.3, -0.25) is 9.59 Å². The van der Waals surface area contributed by atoms with Crippen LogP contribution in [0.15, 0.2) is 23.8 Å². The van der Waals surface area contributed by atoms with Crippen LogP contribution in [-0.2, 0) is 23.9 Å². The number of rotatable bonds is 4. The molecule has 6 heteroatoms. The van der Waals surface area contributed by atoms with E-state index in [9.17, 15) is 19.2 Å². The van der Waals surface area contributed by atoms with Crippen LogP contribution < -0.4 is 0 Å². The van der Waals surface area contributed by atoms with E-state index in [1.807, 2.05) is 0 Å². The number of hydrogen-bond acceptors (Lipinski definition) is 5. The van der Waals surface area contributed by atoms with Gasteiger partial charge in [0.1, 0.15) is 11.9 Å². The van der Waals surface area contributed by atoms with E-state index >= 15 is 0 Å². The van der Waals surface area contributed by atoms with Gasteiger partial charge in [0.25, 0.3) is 0 Å². The highest BCUT2D eigenvalue weighted by Crippen LogP contribution is 2.66. The number of carbonyl (C=O) groups excluding carboxylic acids is 3. The molecule has 7 atom stereocenters. The van der Waals surface area contributed by atoms with Crippen molar-refractivity contribution in [2.24, 2.45) is 34.5 Å². The van der Waals surface area contributed by atoms with E-state index < -0.39 is 18.0 Å². The van der Waals surface area contributed by atoms with Gasteiger partial charge in [-0.15, -0.1) is 0 Å². The molecule has 0 bridgehead atoms. The van der Waals surface area contributed by atoms with Crippen LogP contribution in [0, 0.1) is 34.5 Å². The van der Waals surface area contributed by atoms with Gasteiger partial charge in [-0.05, 0) is 85.7 Å². The van der Waals surface area contributed by atoms with Gasteiger partial charge in [0.2, 0.25) is 0 Å². The minimum absolute atomic E-state index is 0.0210. The van der Waals surface area contributed by atoms with Crippen molar-refractivity contribution in [3.8, 4) is 0 Å².